The number of hydrogen-bond acceptors (Lipinski definition) is 3. The van der Waals surface area contributed by atoms with Crippen molar-refractivity contribution >= 4 is 11.9 Å². The van der Waals surface area contributed by atoms with E-state index in [1.807, 2.05) is 0 Å². The van der Waals surface area contributed by atoms with Gasteiger partial charge in [-0.3, -0.25) is 9.59 Å². The van der Waals surface area contributed by atoms with Gasteiger partial charge in [-0.1, -0.05) is 0 Å². The Labute approximate surface area is 69.5 Å². The third-order valence-electron chi connectivity index (χ3n) is 2.69. The molecular formula is C8H10O4. The van der Waals surface area contributed by atoms with Crippen molar-refractivity contribution in [2.45, 2.75) is 25.4 Å². The van der Waals surface area contributed by atoms with Crippen LogP contribution in [0.2, 0.25) is 0 Å². The van der Waals surface area contributed by atoms with E-state index in [-0.39, 0.29) is 18.0 Å². The van der Waals surface area contributed by atoms with E-state index in [4.69, 9.17) is 9.84 Å². The summed E-state index contributed by atoms with van der Waals surface area (Å²) < 4.78 is 4.94. The van der Waals surface area contributed by atoms with Gasteiger partial charge in [-0.05, 0) is 19.3 Å². The fraction of sp³-hybridized carbons (Fsp3) is 0.750. The molecule has 12 heavy (non-hydrogen) atoms. The number of fused-ring (bicyclic) bond motifs is 2. The molecule has 1 heterocycles. The molecule has 0 aromatic carbocycles. The summed E-state index contributed by atoms with van der Waals surface area (Å²) in [6.45, 7) is 0. The summed E-state index contributed by atoms with van der Waals surface area (Å²) in [6, 6.07) is 0. The van der Waals surface area contributed by atoms with Gasteiger partial charge in [0.1, 0.15) is 12.0 Å². The Morgan fingerprint density at radius 3 is 2.75 bits per heavy atom. The van der Waals surface area contributed by atoms with Crippen LogP contribution >= 0.6 is 0 Å². The quantitative estimate of drug-likeness (QED) is 0.579. The van der Waals surface area contributed by atoms with Crippen LogP contribution in [-0.4, -0.2) is 23.1 Å². The summed E-state index contributed by atoms with van der Waals surface area (Å²) in [5, 5.41) is 8.80. The molecule has 2 aliphatic rings. The Kier molecular flexibility index (Phi) is 1.56. The molecule has 0 aromatic heterocycles. The van der Waals surface area contributed by atoms with Crippen LogP contribution < -0.4 is 0 Å². The van der Waals surface area contributed by atoms with Crippen molar-refractivity contribution in [3.8, 4) is 0 Å². The van der Waals surface area contributed by atoms with Crippen LogP contribution in [-0.2, 0) is 14.3 Å². The number of carboxylic acids is 1. The zero-order valence-electron chi connectivity index (χ0n) is 6.53. The fourth-order valence-corrected chi connectivity index (χ4v) is 2.12. The van der Waals surface area contributed by atoms with Gasteiger partial charge in [0.2, 0.25) is 0 Å². The molecule has 1 saturated heterocycles. The topological polar surface area (TPSA) is 63.6 Å². The number of carbonyl (C=O) groups excluding carboxylic acids is 1. The number of aliphatic carboxylic acids is 1. The summed E-state index contributed by atoms with van der Waals surface area (Å²) >= 11 is 0. The molecule has 66 valence electrons. The van der Waals surface area contributed by atoms with Gasteiger partial charge in [-0.25, -0.2) is 0 Å². The van der Waals surface area contributed by atoms with E-state index in [0.29, 0.717) is 12.8 Å². The number of hydrogen-bond donors (Lipinski definition) is 1. The molecule has 4 heteroatoms. The van der Waals surface area contributed by atoms with E-state index in [9.17, 15) is 9.59 Å². The fourth-order valence-electron chi connectivity index (χ4n) is 2.12. The Hall–Kier alpha value is -1.06. The third kappa shape index (κ3) is 0.906. The van der Waals surface area contributed by atoms with E-state index in [1.165, 1.54) is 0 Å². The third-order valence-corrected chi connectivity index (χ3v) is 2.69. The molecule has 2 bridgehead atoms. The molecule has 1 aliphatic heterocycles. The highest BCUT2D eigenvalue weighted by Crippen LogP contribution is 2.39. The van der Waals surface area contributed by atoms with Crippen molar-refractivity contribution in [3.63, 3.8) is 0 Å². The highest BCUT2D eigenvalue weighted by Gasteiger charge is 2.50. The maximum Gasteiger partial charge on any atom is 0.311 e. The first-order valence-corrected chi connectivity index (χ1v) is 4.13. The first-order valence-electron chi connectivity index (χ1n) is 4.13. The predicted octanol–water partition coefficient (Wildman–Crippen LogP) is 0.413. The molecule has 0 aromatic rings. The Morgan fingerprint density at radius 2 is 2.25 bits per heavy atom. The van der Waals surface area contributed by atoms with Crippen LogP contribution in [0.1, 0.15) is 19.3 Å². The molecular weight excluding hydrogens is 160 g/mol. The molecule has 1 saturated carbocycles. The van der Waals surface area contributed by atoms with Crippen LogP contribution in [0, 0.1) is 11.8 Å². The van der Waals surface area contributed by atoms with Crippen molar-refractivity contribution in [2.24, 2.45) is 11.8 Å². The van der Waals surface area contributed by atoms with Gasteiger partial charge in [-0.2, -0.15) is 0 Å². The number of rotatable bonds is 1. The molecule has 0 radical (unpaired) electrons. The maximum absolute atomic E-state index is 11.1. The minimum Gasteiger partial charge on any atom is -0.481 e. The highest BCUT2D eigenvalue weighted by atomic mass is 16.6. The van der Waals surface area contributed by atoms with Crippen molar-refractivity contribution in [3.05, 3.63) is 0 Å². The first-order chi connectivity index (χ1) is 5.70. The smallest absolute Gasteiger partial charge is 0.311 e. The molecule has 4 nitrogen and oxygen atoms in total. The lowest BCUT2D eigenvalue weighted by atomic mass is 9.80. The summed E-state index contributed by atoms with van der Waals surface area (Å²) in [5.74, 6) is -2.16. The Balaban J connectivity index is 2.25. The highest BCUT2D eigenvalue weighted by molar-refractivity contribution is 5.85. The number of carboxylic acid groups (broad SMARTS) is 1. The van der Waals surface area contributed by atoms with Crippen LogP contribution in [0.15, 0.2) is 0 Å². The molecule has 0 amide bonds. The van der Waals surface area contributed by atoms with Gasteiger partial charge in [0.15, 0.2) is 0 Å². The Morgan fingerprint density at radius 1 is 1.50 bits per heavy atom. The second kappa shape index (κ2) is 2.47. The molecule has 0 unspecified atom stereocenters. The SMILES string of the molecule is O=C(O)[C@@H]1[C@@H]2CCC[C@H]1C(=O)O2. The molecule has 3 atom stereocenters. The molecule has 0 spiro atoms. The van der Waals surface area contributed by atoms with Gasteiger partial charge in [-0.15, -0.1) is 0 Å². The predicted molar refractivity (Wildman–Crippen MR) is 38.3 cm³/mol. The van der Waals surface area contributed by atoms with Crippen molar-refractivity contribution in [1.82, 2.24) is 0 Å². The second-order valence-electron chi connectivity index (χ2n) is 3.38. The van der Waals surface area contributed by atoms with Crippen molar-refractivity contribution < 1.29 is 19.4 Å². The second-order valence-corrected chi connectivity index (χ2v) is 3.38. The first kappa shape index (κ1) is 7.58. The average molecular weight is 170 g/mol. The van der Waals surface area contributed by atoms with E-state index < -0.39 is 11.9 Å². The lowest BCUT2D eigenvalue weighted by molar-refractivity contribution is -0.145. The van der Waals surface area contributed by atoms with Crippen LogP contribution in [0.5, 0.6) is 0 Å². The van der Waals surface area contributed by atoms with Gasteiger partial charge < -0.3 is 9.84 Å². The number of ether oxygens (including phenoxy) is 1. The minimum atomic E-state index is -0.893. The monoisotopic (exact) mass is 170 g/mol. The van der Waals surface area contributed by atoms with Crippen LogP contribution in [0.25, 0.3) is 0 Å². The van der Waals surface area contributed by atoms with Crippen LogP contribution in [0.3, 0.4) is 0 Å². The van der Waals surface area contributed by atoms with Gasteiger partial charge in [0, 0.05) is 0 Å². The zero-order chi connectivity index (χ0) is 8.72. The summed E-state index contributed by atoms with van der Waals surface area (Å²) in [6.07, 6.45) is 1.94. The molecule has 1 aliphatic carbocycles. The zero-order valence-corrected chi connectivity index (χ0v) is 6.53. The van der Waals surface area contributed by atoms with Crippen molar-refractivity contribution in [1.29, 1.82) is 0 Å². The van der Waals surface area contributed by atoms with E-state index in [1.54, 1.807) is 0 Å². The van der Waals surface area contributed by atoms with Gasteiger partial charge in [0.25, 0.3) is 0 Å². The van der Waals surface area contributed by atoms with Crippen LogP contribution in [0.4, 0.5) is 0 Å². The minimum absolute atomic E-state index is 0.315. The summed E-state index contributed by atoms with van der Waals surface area (Å²) in [7, 11) is 0. The summed E-state index contributed by atoms with van der Waals surface area (Å²) in [5.41, 5.74) is 0. The van der Waals surface area contributed by atoms with Gasteiger partial charge >= 0.3 is 11.9 Å². The van der Waals surface area contributed by atoms with Gasteiger partial charge in [0.05, 0.1) is 5.92 Å². The summed E-state index contributed by atoms with van der Waals surface area (Å²) in [4.78, 5) is 21.8. The molecule has 1 N–H and O–H groups in total. The van der Waals surface area contributed by atoms with Crippen molar-refractivity contribution in [2.75, 3.05) is 0 Å². The van der Waals surface area contributed by atoms with E-state index >= 15 is 0 Å². The lowest BCUT2D eigenvalue weighted by Gasteiger charge is -2.21. The Bertz CT molecular complexity index is 235. The molecule has 2 rings (SSSR count). The lowest BCUT2D eigenvalue weighted by Crippen LogP contribution is -2.32. The number of carbonyl (C=O) groups is 2. The maximum atomic E-state index is 11.1. The normalized spacial score (nSPS) is 39.3. The molecule has 2 fully saturated rings. The largest absolute Gasteiger partial charge is 0.481 e. The van der Waals surface area contributed by atoms with E-state index in [2.05, 4.69) is 0 Å². The standard InChI is InChI=1S/C8H10O4/c9-7(10)6-4-2-1-3-5(6)12-8(4)11/h4-6H,1-3H2,(H,9,10)/t4-,5+,6+/m1/s1. The van der Waals surface area contributed by atoms with E-state index in [0.717, 1.165) is 6.42 Å². The number of esters is 1. The average Bonchev–Trinajstić information content (AvgIpc) is 2.20.